The Labute approximate surface area is 182 Å². The number of nitrogens with zero attached hydrogens (tertiary/aromatic N) is 2. The van der Waals surface area contributed by atoms with Gasteiger partial charge in [0.2, 0.25) is 0 Å². The van der Waals surface area contributed by atoms with Gasteiger partial charge in [-0.1, -0.05) is 42.5 Å². The summed E-state index contributed by atoms with van der Waals surface area (Å²) in [5.74, 6) is -1.15. The van der Waals surface area contributed by atoms with Gasteiger partial charge in [0.15, 0.2) is 0 Å². The number of fused-ring (bicyclic) bond motifs is 1. The molecule has 0 aliphatic heterocycles. The molecule has 0 heterocycles. The molecule has 3 N–H and O–H groups in total. The lowest BCUT2D eigenvalue weighted by atomic mass is 9.99. The van der Waals surface area contributed by atoms with Gasteiger partial charge in [-0.15, -0.1) is 0 Å². The molecule has 4 rings (SSSR count). The lowest BCUT2D eigenvalue weighted by Gasteiger charge is -2.12. The SMILES string of the molecule is O=C(Nc1ccccc1)c1cc2ccccc2c(C=Nc2ccc([N+](=O)[O-])cc2O)c1O. The number of non-ortho nitro benzene ring substituents is 1. The summed E-state index contributed by atoms with van der Waals surface area (Å²) >= 11 is 0. The van der Waals surface area contributed by atoms with E-state index in [0.29, 0.717) is 16.5 Å². The lowest BCUT2D eigenvalue weighted by Crippen LogP contribution is -2.12. The van der Waals surface area contributed by atoms with Crippen LogP contribution in [0.15, 0.2) is 83.9 Å². The Balaban J connectivity index is 1.77. The van der Waals surface area contributed by atoms with Gasteiger partial charge < -0.3 is 15.5 Å². The fraction of sp³-hybridized carbons (Fsp3) is 0. The van der Waals surface area contributed by atoms with Crippen molar-refractivity contribution in [3.05, 3.63) is 100 Å². The standard InChI is InChI=1S/C24H17N3O5/c28-22-13-17(27(31)32)10-11-21(22)25-14-20-18-9-5-4-6-15(18)12-19(23(20)29)24(30)26-16-7-2-1-3-8-16/h1-14,28-29H,(H,26,30). The summed E-state index contributed by atoms with van der Waals surface area (Å²) in [5.41, 5.74) is 0.726. The Morgan fingerprint density at radius 2 is 1.69 bits per heavy atom. The molecule has 0 bridgehead atoms. The average Bonchev–Trinajstić information content (AvgIpc) is 2.79. The molecule has 32 heavy (non-hydrogen) atoms. The highest BCUT2D eigenvalue weighted by Gasteiger charge is 2.18. The predicted molar refractivity (Wildman–Crippen MR) is 122 cm³/mol. The Hall–Kier alpha value is -4.72. The predicted octanol–water partition coefficient (Wildman–Crippen LogP) is 5.16. The summed E-state index contributed by atoms with van der Waals surface area (Å²) in [6.45, 7) is 0. The van der Waals surface area contributed by atoms with E-state index in [4.69, 9.17) is 0 Å². The molecule has 0 fully saturated rings. The van der Waals surface area contributed by atoms with E-state index in [0.717, 1.165) is 6.07 Å². The quantitative estimate of drug-likeness (QED) is 0.230. The van der Waals surface area contributed by atoms with Gasteiger partial charge in [-0.05, 0) is 35.0 Å². The number of aliphatic imine (C=N–C) groups is 1. The maximum Gasteiger partial charge on any atom is 0.273 e. The van der Waals surface area contributed by atoms with Crippen molar-refractivity contribution in [3.63, 3.8) is 0 Å². The fourth-order valence-electron chi connectivity index (χ4n) is 3.26. The smallest absolute Gasteiger partial charge is 0.273 e. The number of benzene rings is 4. The van der Waals surface area contributed by atoms with Crippen molar-refractivity contribution in [1.29, 1.82) is 0 Å². The summed E-state index contributed by atoms with van der Waals surface area (Å²) in [7, 11) is 0. The van der Waals surface area contributed by atoms with Crippen molar-refractivity contribution >= 4 is 40.0 Å². The molecule has 8 nitrogen and oxygen atoms in total. The van der Waals surface area contributed by atoms with Crippen LogP contribution in [0, 0.1) is 10.1 Å². The molecule has 4 aromatic carbocycles. The first-order valence-electron chi connectivity index (χ1n) is 9.56. The molecular weight excluding hydrogens is 410 g/mol. The Kier molecular flexibility index (Phi) is 5.50. The van der Waals surface area contributed by atoms with Gasteiger partial charge in [0.1, 0.15) is 17.2 Å². The van der Waals surface area contributed by atoms with Gasteiger partial charge in [0, 0.05) is 23.5 Å². The third-order valence-electron chi connectivity index (χ3n) is 4.84. The monoisotopic (exact) mass is 427 g/mol. The maximum absolute atomic E-state index is 12.8. The van der Waals surface area contributed by atoms with Crippen LogP contribution in [0.25, 0.3) is 10.8 Å². The normalized spacial score (nSPS) is 11.0. The first kappa shape index (κ1) is 20.5. The number of carbonyl (C=O) groups excluding carboxylic acids is 1. The number of rotatable bonds is 5. The summed E-state index contributed by atoms with van der Waals surface area (Å²) in [4.78, 5) is 27.3. The zero-order valence-corrected chi connectivity index (χ0v) is 16.6. The van der Waals surface area contributed by atoms with Gasteiger partial charge in [-0.25, -0.2) is 0 Å². The molecule has 0 saturated carbocycles. The second-order valence-electron chi connectivity index (χ2n) is 6.92. The van der Waals surface area contributed by atoms with Crippen LogP contribution in [0.1, 0.15) is 15.9 Å². The minimum atomic E-state index is -0.624. The highest BCUT2D eigenvalue weighted by molar-refractivity contribution is 6.13. The third-order valence-corrected chi connectivity index (χ3v) is 4.84. The number of nitro groups is 1. The van der Waals surface area contributed by atoms with Gasteiger partial charge in [0.05, 0.1) is 16.6 Å². The zero-order valence-electron chi connectivity index (χ0n) is 16.6. The van der Waals surface area contributed by atoms with Crippen LogP contribution >= 0.6 is 0 Å². The van der Waals surface area contributed by atoms with E-state index in [2.05, 4.69) is 10.3 Å². The van der Waals surface area contributed by atoms with Crippen molar-refractivity contribution in [2.24, 2.45) is 4.99 Å². The summed E-state index contributed by atoms with van der Waals surface area (Å²) in [6, 6.07) is 21.1. The number of amides is 1. The molecule has 0 radical (unpaired) electrons. The molecule has 0 aliphatic rings. The third kappa shape index (κ3) is 4.10. The first-order chi connectivity index (χ1) is 15.4. The number of hydrogen-bond donors (Lipinski definition) is 3. The van der Waals surface area contributed by atoms with E-state index >= 15 is 0 Å². The van der Waals surface area contributed by atoms with Gasteiger partial charge in [-0.2, -0.15) is 0 Å². The van der Waals surface area contributed by atoms with Crippen LogP contribution in [0.5, 0.6) is 11.5 Å². The van der Waals surface area contributed by atoms with Crippen LogP contribution < -0.4 is 5.32 Å². The van der Waals surface area contributed by atoms with E-state index < -0.39 is 10.8 Å². The van der Waals surface area contributed by atoms with Crippen molar-refractivity contribution < 1.29 is 19.9 Å². The van der Waals surface area contributed by atoms with Crippen LogP contribution in [0.4, 0.5) is 17.1 Å². The summed E-state index contributed by atoms with van der Waals surface area (Å²) < 4.78 is 0. The molecule has 0 unspecified atom stereocenters. The highest BCUT2D eigenvalue weighted by Crippen LogP contribution is 2.33. The van der Waals surface area contributed by atoms with Crippen LogP contribution in [0.2, 0.25) is 0 Å². The summed E-state index contributed by atoms with van der Waals surface area (Å²) in [5, 5.41) is 35.9. The zero-order chi connectivity index (χ0) is 22.7. The molecule has 0 aromatic heterocycles. The molecule has 0 saturated heterocycles. The number of anilines is 1. The second kappa shape index (κ2) is 8.57. The number of nitro benzene ring substituents is 1. The van der Waals surface area contributed by atoms with E-state index in [1.54, 1.807) is 54.6 Å². The van der Waals surface area contributed by atoms with Crippen LogP contribution in [0.3, 0.4) is 0 Å². The number of phenolic OH excluding ortho intramolecular Hbond substituents is 2. The van der Waals surface area contributed by atoms with Crippen LogP contribution in [-0.2, 0) is 0 Å². The second-order valence-corrected chi connectivity index (χ2v) is 6.92. The van der Waals surface area contributed by atoms with Gasteiger partial charge in [0.25, 0.3) is 11.6 Å². The first-order valence-corrected chi connectivity index (χ1v) is 9.56. The minimum absolute atomic E-state index is 0.0573. The van der Waals surface area contributed by atoms with E-state index in [9.17, 15) is 25.1 Å². The van der Waals surface area contributed by atoms with Crippen molar-refractivity contribution in [1.82, 2.24) is 0 Å². The van der Waals surface area contributed by atoms with Crippen molar-refractivity contribution in [3.8, 4) is 11.5 Å². The number of hydrogen-bond acceptors (Lipinski definition) is 6. The highest BCUT2D eigenvalue weighted by atomic mass is 16.6. The fourth-order valence-corrected chi connectivity index (χ4v) is 3.26. The largest absolute Gasteiger partial charge is 0.506 e. The Bertz CT molecular complexity index is 1370. The topological polar surface area (TPSA) is 125 Å². The molecular formula is C24H17N3O5. The van der Waals surface area contributed by atoms with E-state index in [-0.39, 0.29) is 34.0 Å². The lowest BCUT2D eigenvalue weighted by molar-refractivity contribution is -0.384. The summed E-state index contributed by atoms with van der Waals surface area (Å²) in [6.07, 6.45) is 1.32. The molecule has 0 aliphatic carbocycles. The van der Waals surface area contributed by atoms with Crippen LogP contribution in [-0.4, -0.2) is 27.3 Å². The van der Waals surface area contributed by atoms with Crippen molar-refractivity contribution in [2.45, 2.75) is 0 Å². The molecule has 158 valence electrons. The number of para-hydroxylation sites is 1. The Morgan fingerprint density at radius 1 is 0.969 bits per heavy atom. The molecule has 1 amide bonds. The molecule has 0 atom stereocenters. The number of aromatic hydroxyl groups is 2. The molecule has 0 spiro atoms. The number of nitrogens with one attached hydrogen (secondary N) is 1. The number of carbonyl (C=O) groups is 1. The maximum atomic E-state index is 12.8. The minimum Gasteiger partial charge on any atom is -0.506 e. The van der Waals surface area contributed by atoms with Gasteiger partial charge >= 0.3 is 0 Å². The molecule has 8 heteroatoms. The van der Waals surface area contributed by atoms with Crippen molar-refractivity contribution in [2.75, 3.05) is 5.32 Å². The average molecular weight is 427 g/mol. The Morgan fingerprint density at radius 3 is 2.41 bits per heavy atom. The van der Waals surface area contributed by atoms with E-state index in [1.807, 2.05) is 6.07 Å². The van der Waals surface area contributed by atoms with E-state index in [1.165, 1.54) is 18.3 Å². The number of phenols is 2. The molecule has 4 aromatic rings. The van der Waals surface area contributed by atoms with Gasteiger partial charge in [-0.3, -0.25) is 19.9 Å².